The topological polar surface area (TPSA) is 70.1 Å². The number of esters is 1. The number of ether oxygens (including phenoxy) is 1. The van der Waals surface area contributed by atoms with Crippen molar-refractivity contribution in [3.05, 3.63) is 45.2 Å². The molecule has 0 spiro atoms. The average molecular weight is 314 g/mol. The summed E-state index contributed by atoms with van der Waals surface area (Å²) in [6, 6.07) is 4.71. The molecule has 0 aliphatic heterocycles. The molecule has 0 radical (unpaired) electrons. The summed E-state index contributed by atoms with van der Waals surface area (Å²) in [5.41, 5.74) is 7.81. The third kappa shape index (κ3) is 3.05. The summed E-state index contributed by atoms with van der Waals surface area (Å²) in [4.78, 5) is 11.9. The maximum absolute atomic E-state index is 11.9. The normalized spacial score (nSPS) is 10.6. The lowest BCUT2D eigenvalue weighted by molar-refractivity contribution is 0.0463. The van der Waals surface area contributed by atoms with Gasteiger partial charge in [-0.15, -0.1) is 0 Å². The number of carbonyl (C=O) groups excluding carboxylic acids is 1. The molecule has 0 saturated heterocycles. The van der Waals surface area contributed by atoms with Gasteiger partial charge in [0.15, 0.2) is 0 Å². The highest BCUT2D eigenvalue weighted by Gasteiger charge is 2.13. The molecule has 2 N–H and O–H groups in total. The van der Waals surface area contributed by atoms with Gasteiger partial charge in [-0.3, -0.25) is 4.68 Å². The van der Waals surface area contributed by atoms with Gasteiger partial charge in [-0.2, -0.15) is 5.10 Å². The SMILES string of the molecule is Cc1cc(COC(=O)c2cc(N)c(Cl)c(Cl)c2)n(C)n1. The van der Waals surface area contributed by atoms with Gasteiger partial charge >= 0.3 is 5.97 Å². The third-order valence-corrected chi connectivity index (χ3v) is 3.56. The van der Waals surface area contributed by atoms with Crippen molar-refractivity contribution in [1.29, 1.82) is 0 Å². The van der Waals surface area contributed by atoms with E-state index in [9.17, 15) is 4.79 Å². The fourth-order valence-electron chi connectivity index (χ4n) is 1.75. The first kappa shape index (κ1) is 14.7. The number of nitrogens with zero attached hydrogens (tertiary/aromatic N) is 2. The molecule has 0 saturated carbocycles. The van der Waals surface area contributed by atoms with E-state index in [0.29, 0.717) is 0 Å². The maximum atomic E-state index is 11.9. The molecule has 0 aliphatic carbocycles. The van der Waals surface area contributed by atoms with Gasteiger partial charge in [0, 0.05) is 7.05 Å². The summed E-state index contributed by atoms with van der Waals surface area (Å²) < 4.78 is 6.86. The third-order valence-electron chi connectivity index (χ3n) is 2.74. The van der Waals surface area contributed by atoms with E-state index in [1.165, 1.54) is 12.1 Å². The van der Waals surface area contributed by atoms with Crippen molar-refractivity contribution in [1.82, 2.24) is 9.78 Å². The van der Waals surface area contributed by atoms with Crippen LogP contribution in [0.3, 0.4) is 0 Å². The zero-order valence-electron chi connectivity index (χ0n) is 11.0. The summed E-state index contributed by atoms with van der Waals surface area (Å²) >= 11 is 11.7. The number of benzene rings is 1. The fraction of sp³-hybridized carbons (Fsp3) is 0.231. The van der Waals surface area contributed by atoms with Crippen LogP contribution in [-0.2, 0) is 18.4 Å². The minimum absolute atomic E-state index is 0.121. The smallest absolute Gasteiger partial charge is 0.338 e. The van der Waals surface area contributed by atoms with E-state index in [0.717, 1.165) is 11.4 Å². The Morgan fingerprint density at radius 3 is 2.65 bits per heavy atom. The number of nitrogens with two attached hydrogens (primary N) is 1. The van der Waals surface area contributed by atoms with Gasteiger partial charge in [-0.05, 0) is 25.1 Å². The second kappa shape index (κ2) is 5.73. The molecule has 5 nitrogen and oxygen atoms in total. The lowest BCUT2D eigenvalue weighted by Gasteiger charge is -2.07. The molecule has 1 heterocycles. The first-order valence-corrected chi connectivity index (χ1v) is 6.55. The first-order valence-electron chi connectivity index (χ1n) is 5.79. The van der Waals surface area contributed by atoms with Crippen molar-refractivity contribution in [2.45, 2.75) is 13.5 Å². The molecule has 0 aliphatic rings. The minimum atomic E-state index is -0.519. The molecule has 2 aromatic rings. The molecule has 7 heteroatoms. The van der Waals surface area contributed by atoms with Crippen LogP contribution in [0, 0.1) is 6.92 Å². The monoisotopic (exact) mass is 313 g/mol. The van der Waals surface area contributed by atoms with Crippen LogP contribution in [0.15, 0.2) is 18.2 Å². The van der Waals surface area contributed by atoms with E-state index in [1.54, 1.807) is 11.7 Å². The second-order valence-corrected chi connectivity index (χ2v) is 5.12. The van der Waals surface area contributed by atoms with E-state index in [-0.39, 0.29) is 27.9 Å². The van der Waals surface area contributed by atoms with E-state index < -0.39 is 5.97 Å². The molecule has 0 amide bonds. The Balaban J connectivity index is 2.11. The van der Waals surface area contributed by atoms with Crippen LogP contribution in [0.2, 0.25) is 10.0 Å². The predicted molar refractivity (Wildman–Crippen MR) is 77.9 cm³/mol. The fourth-order valence-corrected chi connectivity index (χ4v) is 2.09. The Morgan fingerprint density at radius 1 is 1.40 bits per heavy atom. The number of rotatable bonds is 3. The van der Waals surface area contributed by atoms with Crippen molar-refractivity contribution in [3.8, 4) is 0 Å². The highest BCUT2D eigenvalue weighted by Crippen LogP contribution is 2.29. The van der Waals surface area contributed by atoms with Crippen molar-refractivity contribution in [2.24, 2.45) is 7.05 Å². The second-order valence-electron chi connectivity index (χ2n) is 4.34. The van der Waals surface area contributed by atoms with Crippen molar-refractivity contribution >= 4 is 34.9 Å². The Hall–Kier alpha value is -1.72. The van der Waals surface area contributed by atoms with Crippen LogP contribution in [0.5, 0.6) is 0 Å². The average Bonchev–Trinajstić information content (AvgIpc) is 2.70. The van der Waals surface area contributed by atoms with Gasteiger partial charge in [0.1, 0.15) is 6.61 Å². The quantitative estimate of drug-likeness (QED) is 0.698. The number of anilines is 1. The van der Waals surface area contributed by atoms with Gasteiger partial charge in [-0.1, -0.05) is 23.2 Å². The minimum Gasteiger partial charge on any atom is -0.456 e. The molecule has 0 bridgehead atoms. The van der Waals surface area contributed by atoms with Crippen molar-refractivity contribution in [3.63, 3.8) is 0 Å². The Labute approximate surface area is 126 Å². The van der Waals surface area contributed by atoms with Gasteiger partial charge in [0.2, 0.25) is 0 Å². The number of aromatic nitrogens is 2. The predicted octanol–water partition coefficient (Wildman–Crippen LogP) is 2.97. The van der Waals surface area contributed by atoms with E-state index in [4.69, 9.17) is 33.7 Å². The van der Waals surface area contributed by atoms with Gasteiger partial charge in [0.25, 0.3) is 0 Å². The number of aryl methyl sites for hydroxylation is 2. The van der Waals surface area contributed by atoms with E-state index in [2.05, 4.69) is 5.10 Å². The van der Waals surface area contributed by atoms with Gasteiger partial charge in [-0.25, -0.2) is 4.79 Å². The molecule has 2 rings (SSSR count). The molecule has 0 unspecified atom stereocenters. The molecule has 1 aromatic heterocycles. The number of halogens is 2. The van der Waals surface area contributed by atoms with Crippen molar-refractivity contribution in [2.75, 3.05) is 5.73 Å². The Kier molecular flexibility index (Phi) is 4.20. The highest BCUT2D eigenvalue weighted by molar-refractivity contribution is 6.43. The van der Waals surface area contributed by atoms with Crippen LogP contribution in [0.25, 0.3) is 0 Å². The summed E-state index contributed by atoms with van der Waals surface area (Å²) in [6.45, 7) is 1.99. The summed E-state index contributed by atoms with van der Waals surface area (Å²) in [7, 11) is 1.79. The van der Waals surface area contributed by atoms with E-state index >= 15 is 0 Å². The Morgan fingerprint density at radius 2 is 2.10 bits per heavy atom. The zero-order chi connectivity index (χ0) is 14.9. The highest BCUT2D eigenvalue weighted by atomic mass is 35.5. The molecule has 0 atom stereocenters. The van der Waals surface area contributed by atoms with Crippen LogP contribution >= 0.6 is 23.2 Å². The lowest BCUT2D eigenvalue weighted by atomic mass is 10.2. The zero-order valence-corrected chi connectivity index (χ0v) is 12.5. The molecule has 20 heavy (non-hydrogen) atoms. The molecular formula is C13H13Cl2N3O2. The molecular weight excluding hydrogens is 301 g/mol. The van der Waals surface area contributed by atoms with E-state index in [1.807, 2.05) is 13.0 Å². The summed E-state index contributed by atoms with van der Waals surface area (Å²) in [5, 5.41) is 4.61. The first-order chi connectivity index (χ1) is 9.38. The number of carbonyl (C=O) groups is 1. The molecule has 1 aromatic carbocycles. The number of nitrogen functional groups attached to an aromatic ring is 1. The van der Waals surface area contributed by atoms with Gasteiger partial charge in [0.05, 0.1) is 32.7 Å². The van der Waals surface area contributed by atoms with Crippen LogP contribution in [-0.4, -0.2) is 15.7 Å². The summed E-state index contributed by atoms with van der Waals surface area (Å²) in [5.74, 6) is -0.519. The number of hydrogen-bond donors (Lipinski definition) is 1. The molecule has 0 fully saturated rings. The molecule has 106 valence electrons. The van der Waals surface area contributed by atoms with Crippen LogP contribution < -0.4 is 5.73 Å². The van der Waals surface area contributed by atoms with Crippen LogP contribution in [0.4, 0.5) is 5.69 Å². The Bertz CT molecular complexity index is 645. The maximum Gasteiger partial charge on any atom is 0.338 e. The summed E-state index contributed by atoms with van der Waals surface area (Å²) in [6.07, 6.45) is 0. The largest absolute Gasteiger partial charge is 0.456 e. The van der Waals surface area contributed by atoms with Gasteiger partial charge < -0.3 is 10.5 Å². The number of hydrogen-bond acceptors (Lipinski definition) is 4. The lowest BCUT2D eigenvalue weighted by Crippen LogP contribution is -2.08. The van der Waals surface area contributed by atoms with Crippen LogP contribution in [0.1, 0.15) is 21.7 Å². The standard InChI is InChI=1S/C13H13Cl2N3O2/c1-7-3-9(18(2)17-7)6-20-13(19)8-4-10(14)12(15)11(16)5-8/h3-5H,6,16H2,1-2H3. The van der Waals surface area contributed by atoms with Crippen molar-refractivity contribution < 1.29 is 9.53 Å².